The normalized spacial score (nSPS) is 10.0. The minimum Gasteiger partial charge on any atom is -0.465 e. The lowest BCUT2D eigenvalue weighted by Gasteiger charge is -2.07. The van der Waals surface area contributed by atoms with Crippen molar-refractivity contribution in [1.82, 2.24) is 10.3 Å². The molecule has 0 saturated heterocycles. The molecule has 22 heavy (non-hydrogen) atoms. The van der Waals surface area contributed by atoms with Crippen LogP contribution in [0.4, 0.5) is 5.69 Å². The minimum absolute atomic E-state index is 0.152. The molecule has 0 fully saturated rings. The standard InChI is InChI=1S/C16H17N3O3/c1-22-16(21)12-5-4-7-13(9-12)19-15(20)11-17-10-14-6-2-3-8-18-14/h2-9,17H,10-11H2,1H3,(H,19,20). The first kappa shape index (κ1) is 15.7. The lowest BCUT2D eigenvalue weighted by molar-refractivity contribution is -0.115. The lowest BCUT2D eigenvalue weighted by Crippen LogP contribution is -2.28. The number of anilines is 1. The lowest BCUT2D eigenvalue weighted by atomic mass is 10.2. The minimum atomic E-state index is -0.440. The molecule has 2 rings (SSSR count). The summed E-state index contributed by atoms with van der Waals surface area (Å²) in [7, 11) is 1.31. The Morgan fingerprint density at radius 2 is 2.05 bits per heavy atom. The molecule has 2 N–H and O–H groups in total. The van der Waals surface area contributed by atoms with E-state index in [2.05, 4.69) is 20.4 Å². The Kier molecular flexibility index (Phi) is 5.62. The summed E-state index contributed by atoms with van der Waals surface area (Å²) in [5.74, 6) is -0.637. The maximum atomic E-state index is 11.8. The van der Waals surface area contributed by atoms with Crippen molar-refractivity contribution >= 4 is 17.6 Å². The van der Waals surface area contributed by atoms with Crippen LogP contribution in [-0.4, -0.2) is 30.5 Å². The van der Waals surface area contributed by atoms with Crippen LogP contribution in [0.1, 0.15) is 16.1 Å². The van der Waals surface area contributed by atoms with Gasteiger partial charge in [-0.15, -0.1) is 0 Å². The van der Waals surface area contributed by atoms with Crippen molar-refractivity contribution in [3.63, 3.8) is 0 Å². The highest BCUT2D eigenvalue weighted by Crippen LogP contribution is 2.11. The molecule has 1 heterocycles. The van der Waals surface area contributed by atoms with Crippen LogP contribution < -0.4 is 10.6 Å². The van der Waals surface area contributed by atoms with Gasteiger partial charge in [-0.05, 0) is 30.3 Å². The van der Waals surface area contributed by atoms with Crippen LogP contribution in [0, 0.1) is 0 Å². The molecule has 1 amide bonds. The van der Waals surface area contributed by atoms with Gasteiger partial charge in [0.25, 0.3) is 0 Å². The Bertz CT molecular complexity index is 644. The Morgan fingerprint density at radius 3 is 2.77 bits per heavy atom. The maximum absolute atomic E-state index is 11.8. The number of carbonyl (C=O) groups excluding carboxylic acids is 2. The zero-order valence-electron chi connectivity index (χ0n) is 12.2. The molecule has 0 saturated carbocycles. The number of rotatable bonds is 6. The number of amides is 1. The van der Waals surface area contributed by atoms with Gasteiger partial charge in [-0.1, -0.05) is 12.1 Å². The van der Waals surface area contributed by atoms with Gasteiger partial charge < -0.3 is 15.4 Å². The molecule has 0 aliphatic carbocycles. The van der Waals surface area contributed by atoms with E-state index in [1.54, 1.807) is 30.5 Å². The number of carbonyl (C=O) groups is 2. The van der Waals surface area contributed by atoms with Crippen LogP contribution in [0.3, 0.4) is 0 Å². The topological polar surface area (TPSA) is 80.3 Å². The van der Waals surface area contributed by atoms with Gasteiger partial charge >= 0.3 is 5.97 Å². The predicted octanol–water partition coefficient (Wildman–Crippen LogP) is 1.60. The van der Waals surface area contributed by atoms with Crippen molar-refractivity contribution in [2.24, 2.45) is 0 Å². The zero-order chi connectivity index (χ0) is 15.8. The number of nitrogens with zero attached hydrogens (tertiary/aromatic N) is 1. The van der Waals surface area contributed by atoms with Crippen LogP contribution in [0.2, 0.25) is 0 Å². The number of pyridine rings is 1. The molecule has 0 aliphatic heterocycles. The number of aromatic nitrogens is 1. The fraction of sp³-hybridized carbons (Fsp3) is 0.188. The van der Waals surface area contributed by atoms with Crippen LogP contribution in [-0.2, 0) is 16.1 Å². The van der Waals surface area contributed by atoms with E-state index in [1.807, 2.05) is 18.2 Å². The summed E-state index contributed by atoms with van der Waals surface area (Å²) in [4.78, 5) is 27.4. The molecule has 1 aromatic carbocycles. The van der Waals surface area contributed by atoms with Crippen LogP contribution >= 0.6 is 0 Å². The maximum Gasteiger partial charge on any atom is 0.337 e. The fourth-order valence-corrected chi connectivity index (χ4v) is 1.85. The van der Waals surface area contributed by atoms with Crippen molar-refractivity contribution in [3.8, 4) is 0 Å². The van der Waals surface area contributed by atoms with Gasteiger partial charge in [0, 0.05) is 18.4 Å². The van der Waals surface area contributed by atoms with Gasteiger partial charge in [0.1, 0.15) is 0 Å². The van der Waals surface area contributed by atoms with Gasteiger partial charge in [0.2, 0.25) is 5.91 Å². The van der Waals surface area contributed by atoms with Gasteiger partial charge in [-0.25, -0.2) is 4.79 Å². The molecular weight excluding hydrogens is 282 g/mol. The molecule has 0 aliphatic rings. The molecular formula is C16H17N3O3. The average Bonchev–Trinajstić information content (AvgIpc) is 2.55. The Labute approximate surface area is 128 Å². The molecule has 114 valence electrons. The Morgan fingerprint density at radius 1 is 1.18 bits per heavy atom. The zero-order valence-corrected chi connectivity index (χ0v) is 12.2. The van der Waals surface area contributed by atoms with E-state index < -0.39 is 5.97 Å². The first-order valence-corrected chi connectivity index (χ1v) is 6.78. The first-order chi connectivity index (χ1) is 10.7. The van der Waals surface area contributed by atoms with Crippen LogP contribution in [0.25, 0.3) is 0 Å². The molecule has 0 atom stereocenters. The number of benzene rings is 1. The first-order valence-electron chi connectivity index (χ1n) is 6.78. The molecule has 6 heteroatoms. The second kappa shape index (κ2) is 7.90. The Hall–Kier alpha value is -2.73. The van der Waals surface area contributed by atoms with E-state index in [-0.39, 0.29) is 12.5 Å². The van der Waals surface area contributed by atoms with Gasteiger partial charge in [-0.2, -0.15) is 0 Å². The van der Waals surface area contributed by atoms with Crippen molar-refractivity contribution in [3.05, 3.63) is 59.9 Å². The highest BCUT2D eigenvalue weighted by atomic mass is 16.5. The number of hydrogen-bond donors (Lipinski definition) is 2. The van der Waals surface area contributed by atoms with E-state index in [0.717, 1.165) is 5.69 Å². The summed E-state index contributed by atoms with van der Waals surface area (Å²) in [5.41, 5.74) is 1.80. The highest BCUT2D eigenvalue weighted by Gasteiger charge is 2.07. The second-order valence-corrected chi connectivity index (χ2v) is 4.55. The molecule has 0 bridgehead atoms. The summed E-state index contributed by atoms with van der Waals surface area (Å²) < 4.78 is 4.64. The number of methoxy groups -OCH3 is 1. The van der Waals surface area contributed by atoms with E-state index >= 15 is 0 Å². The second-order valence-electron chi connectivity index (χ2n) is 4.55. The third kappa shape index (κ3) is 4.68. The van der Waals surface area contributed by atoms with Gasteiger partial charge in [0.05, 0.1) is 24.9 Å². The molecule has 6 nitrogen and oxygen atoms in total. The highest BCUT2D eigenvalue weighted by molar-refractivity contribution is 5.95. The van der Waals surface area contributed by atoms with E-state index in [1.165, 1.54) is 7.11 Å². The summed E-state index contributed by atoms with van der Waals surface area (Å²) >= 11 is 0. The van der Waals surface area contributed by atoms with Crippen molar-refractivity contribution < 1.29 is 14.3 Å². The smallest absolute Gasteiger partial charge is 0.337 e. The number of hydrogen-bond acceptors (Lipinski definition) is 5. The van der Waals surface area contributed by atoms with Gasteiger partial charge in [0.15, 0.2) is 0 Å². The molecule has 1 aromatic heterocycles. The van der Waals surface area contributed by atoms with Crippen LogP contribution in [0.5, 0.6) is 0 Å². The van der Waals surface area contributed by atoms with Crippen LogP contribution in [0.15, 0.2) is 48.7 Å². The third-order valence-corrected chi connectivity index (χ3v) is 2.89. The number of esters is 1. The van der Waals surface area contributed by atoms with Crippen molar-refractivity contribution in [2.45, 2.75) is 6.54 Å². The van der Waals surface area contributed by atoms with E-state index in [0.29, 0.717) is 17.8 Å². The molecule has 0 radical (unpaired) electrons. The summed E-state index contributed by atoms with van der Waals surface area (Å²) in [6.07, 6.45) is 1.70. The molecule has 2 aromatic rings. The van der Waals surface area contributed by atoms with Gasteiger partial charge in [-0.3, -0.25) is 9.78 Å². The summed E-state index contributed by atoms with van der Waals surface area (Å²) in [6.45, 7) is 0.662. The summed E-state index contributed by atoms with van der Waals surface area (Å²) in [5, 5.41) is 5.72. The number of ether oxygens (including phenoxy) is 1. The summed E-state index contributed by atoms with van der Waals surface area (Å²) in [6, 6.07) is 12.2. The van der Waals surface area contributed by atoms with E-state index in [4.69, 9.17) is 0 Å². The monoisotopic (exact) mass is 299 g/mol. The van der Waals surface area contributed by atoms with Crippen molar-refractivity contribution in [1.29, 1.82) is 0 Å². The average molecular weight is 299 g/mol. The quantitative estimate of drug-likeness (QED) is 0.792. The SMILES string of the molecule is COC(=O)c1cccc(NC(=O)CNCc2ccccn2)c1. The fourth-order valence-electron chi connectivity index (χ4n) is 1.85. The third-order valence-electron chi connectivity index (χ3n) is 2.89. The molecule has 0 spiro atoms. The van der Waals surface area contributed by atoms with Crippen molar-refractivity contribution in [2.75, 3.05) is 19.0 Å². The molecule has 0 unspecified atom stereocenters. The predicted molar refractivity (Wildman–Crippen MR) is 82.4 cm³/mol. The van der Waals surface area contributed by atoms with E-state index in [9.17, 15) is 9.59 Å². The Balaban J connectivity index is 1.83. The number of nitrogens with one attached hydrogen (secondary N) is 2. The largest absolute Gasteiger partial charge is 0.465 e.